The van der Waals surface area contributed by atoms with Crippen molar-refractivity contribution in [3.8, 4) is 0 Å². The molecule has 3 saturated carbocycles. The van der Waals surface area contributed by atoms with Crippen molar-refractivity contribution in [2.45, 2.75) is 70.8 Å². The molecular weight excluding hydrogens is 425 g/mol. The van der Waals surface area contributed by atoms with Crippen LogP contribution in [0.1, 0.15) is 53.4 Å². The monoisotopic (exact) mass is 454 g/mol. The molecule has 0 saturated heterocycles. The Hall–Kier alpha value is -1.96. The number of aliphatic hydroxyl groups is 1. The first-order chi connectivity index (χ1) is 14.8. The molecule has 8 heteroatoms. The number of ether oxygens (including phenoxy) is 1. The number of aliphatic hydroxyl groups excluding tert-OH is 1. The summed E-state index contributed by atoms with van der Waals surface area (Å²) in [5.41, 5.74) is -6.81. The molecule has 0 amide bonds. The van der Waals surface area contributed by atoms with Crippen molar-refractivity contribution in [2.75, 3.05) is 6.67 Å². The summed E-state index contributed by atoms with van der Waals surface area (Å²) < 4.78 is 51.1. The van der Waals surface area contributed by atoms with Gasteiger partial charge in [-0.3, -0.25) is 14.4 Å². The summed E-state index contributed by atoms with van der Waals surface area (Å²) >= 11 is 0. The normalized spacial score (nSPS) is 47.6. The van der Waals surface area contributed by atoms with Gasteiger partial charge in [-0.15, -0.1) is 0 Å². The van der Waals surface area contributed by atoms with Gasteiger partial charge in [0.2, 0.25) is 11.6 Å². The largest absolute Gasteiger partial charge is 0.450 e. The Morgan fingerprint density at radius 1 is 1.28 bits per heavy atom. The SMILES string of the molecule is CC(=O)O[C@@]1(C(=O)CF)[C@H](C)C[C@H]2[C@@H]3CCC4=C(F)C(=O)C=C[C@]4(C)[C@@]3(F)[C@@H](O)C[C@@]21C. The molecule has 4 aliphatic rings. The van der Waals surface area contributed by atoms with Crippen molar-refractivity contribution >= 4 is 17.5 Å². The average Bonchev–Trinajstić information content (AvgIpc) is 2.93. The topological polar surface area (TPSA) is 80.7 Å². The van der Waals surface area contributed by atoms with E-state index in [9.17, 15) is 28.3 Å². The Bertz CT molecular complexity index is 959. The van der Waals surface area contributed by atoms with Gasteiger partial charge in [0.15, 0.2) is 23.8 Å². The van der Waals surface area contributed by atoms with E-state index < -0.39 is 76.0 Å². The van der Waals surface area contributed by atoms with E-state index in [0.29, 0.717) is 6.42 Å². The van der Waals surface area contributed by atoms with Gasteiger partial charge in [0, 0.05) is 29.6 Å². The molecular formula is C24H29F3O5. The third kappa shape index (κ3) is 2.47. The fourth-order valence-electron chi connectivity index (χ4n) is 7.80. The molecule has 1 N–H and O–H groups in total. The predicted molar refractivity (Wildman–Crippen MR) is 108 cm³/mol. The van der Waals surface area contributed by atoms with Crippen LogP contribution in [0.15, 0.2) is 23.6 Å². The molecule has 0 aromatic carbocycles. The van der Waals surface area contributed by atoms with Crippen LogP contribution in [-0.4, -0.2) is 46.7 Å². The van der Waals surface area contributed by atoms with Crippen molar-refractivity contribution in [3.05, 3.63) is 23.6 Å². The first-order valence-corrected chi connectivity index (χ1v) is 11.1. The Labute approximate surface area is 185 Å². The van der Waals surface area contributed by atoms with Crippen LogP contribution in [0, 0.1) is 28.6 Å². The molecule has 32 heavy (non-hydrogen) atoms. The molecule has 0 radical (unpaired) electrons. The summed E-state index contributed by atoms with van der Waals surface area (Å²) in [4.78, 5) is 36.8. The molecule has 8 atom stereocenters. The quantitative estimate of drug-likeness (QED) is 0.657. The zero-order valence-corrected chi connectivity index (χ0v) is 18.7. The van der Waals surface area contributed by atoms with Gasteiger partial charge in [0.1, 0.15) is 0 Å². The van der Waals surface area contributed by atoms with Gasteiger partial charge in [-0.1, -0.05) is 19.9 Å². The number of rotatable bonds is 3. The second-order valence-corrected chi connectivity index (χ2v) is 10.4. The summed E-state index contributed by atoms with van der Waals surface area (Å²) in [7, 11) is 0. The van der Waals surface area contributed by atoms with Gasteiger partial charge < -0.3 is 9.84 Å². The number of carbonyl (C=O) groups is 3. The molecule has 0 heterocycles. The van der Waals surface area contributed by atoms with Crippen LogP contribution >= 0.6 is 0 Å². The summed E-state index contributed by atoms with van der Waals surface area (Å²) in [6.07, 6.45) is 1.01. The number of hydrogen-bond acceptors (Lipinski definition) is 5. The number of ketones is 2. The Kier molecular flexibility index (Phi) is 5.09. The van der Waals surface area contributed by atoms with Crippen molar-refractivity contribution in [1.82, 2.24) is 0 Å². The smallest absolute Gasteiger partial charge is 0.303 e. The van der Waals surface area contributed by atoms with Gasteiger partial charge in [-0.2, -0.15) is 0 Å². The maximum absolute atomic E-state index is 17.1. The number of halogens is 3. The molecule has 3 fully saturated rings. The first-order valence-electron chi connectivity index (χ1n) is 11.1. The van der Waals surface area contributed by atoms with Gasteiger partial charge in [-0.25, -0.2) is 13.2 Å². The van der Waals surface area contributed by atoms with Crippen LogP contribution in [0.25, 0.3) is 0 Å². The Morgan fingerprint density at radius 2 is 1.94 bits per heavy atom. The minimum absolute atomic E-state index is 0.0449. The van der Waals surface area contributed by atoms with E-state index in [2.05, 4.69) is 0 Å². The lowest BCUT2D eigenvalue weighted by atomic mass is 9.44. The first kappa shape index (κ1) is 23.2. The molecule has 0 unspecified atom stereocenters. The molecule has 176 valence electrons. The minimum Gasteiger partial charge on any atom is -0.450 e. The second kappa shape index (κ2) is 7.02. The lowest BCUT2D eigenvalue weighted by Crippen LogP contribution is -2.70. The summed E-state index contributed by atoms with van der Waals surface area (Å²) in [5, 5.41) is 11.3. The van der Waals surface area contributed by atoms with Gasteiger partial charge in [0.05, 0.1) is 6.10 Å². The highest BCUT2D eigenvalue weighted by atomic mass is 19.1. The van der Waals surface area contributed by atoms with E-state index in [1.165, 1.54) is 13.0 Å². The number of fused-ring (bicyclic) bond motifs is 5. The molecule has 4 aliphatic carbocycles. The molecule has 0 spiro atoms. The standard InChI is InChI=1S/C24H29F3O5/c1-12-9-16-14-5-6-15-20(26)17(29)7-8-21(15,3)23(14,27)18(30)10-22(16,4)24(12,19(31)11-25)32-13(2)28/h7-8,12,14,16,18,30H,5-6,9-11H2,1-4H3/t12-,14+,16+,18+,21+,22+,23+,24-/m1/s1. The van der Waals surface area contributed by atoms with E-state index >= 15 is 4.39 Å². The van der Waals surface area contributed by atoms with Crippen LogP contribution in [0.5, 0.6) is 0 Å². The predicted octanol–water partition coefficient (Wildman–Crippen LogP) is 3.74. The Morgan fingerprint density at radius 3 is 2.53 bits per heavy atom. The van der Waals surface area contributed by atoms with Gasteiger partial charge >= 0.3 is 5.97 Å². The summed E-state index contributed by atoms with van der Waals surface area (Å²) in [5.74, 6) is -5.34. The molecule has 0 aromatic heterocycles. The Balaban J connectivity index is 1.88. The zero-order chi connectivity index (χ0) is 23.9. The van der Waals surface area contributed by atoms with E-state index in [0.717, 1.165) is 13.0 Å². The second-order valence-electron chi connectivity index (χ2n) is 10.4. The van der Waals surface area contributed by atoms with Crippen molar-refractivity contribution in [3.63, 3.8) is 0 Å². The van der Waals surface area contributed by atoms with E-state index in [4.69, 9.17) is 4.74 Å². The van der Waals surface area contributed by atoms with Crippen LogP contribution in [0.2, 0.25) is 0 Å². The third-order valence-electron chi connectivity index (χ3n) is 9.11. The summed E-state index contributed by atoms with van der Waals surface area (Å²) in [6, 6.07) is 0. The molecule has 5 nitrogen and oxygen atoms in total. The highest BCUT2D eigenvalue weighted by Crippen LogP contribution is 2.71. The van der Waals surface area contributed by atoms with E-state index in [1.54, 1.807) is 13.8 Å². The summed E-state index contributed by atoms with van der Waals surface area (Å²) in [6.45, 7) is 4.63. The van der Waals surface area contributed by atoms with E-state index in [-0.39, 0.29) is 24.8 Å². The fourth-order valence-corrected chi connectivity index (χ4v) is 7.80. The molecule has 0 aliphatic heterocycles. The van der Waals surface area contributed by atoms with Crippen LogP contribution in [0.4, 0.5) is 13.2 Å². The van der Waals surface area contributed by atoms with Gasteiger partial charge in [0.25, 0.3) is 0 Å². The number of allylic oxidation sites excluding steroid dienone is 4. The van der Waals surface area contributed by atoms with Crippen molar-refractivity contribution < 1.29 is 37.4 Å². The fraction of sp³-hybridized carbons (Fsp3) is 0.708. The average molecular weight is 454 g/mol. The van der Waals surface area contributed by atoms with Crippen LogP contribution < -0.4 is 0 Å². The van der Waals surface area contributed by atoms with Crippen LogP contribution in [0.3, 0.4) is 0 Å². The number of hydrogen-bond donors (Lipinski definition) is 1. The van der Waals surface area contributed by atoms with Crippen molar-refractivity contribution in [1.29, 1.82) is 0 Å². The number of alkyl halides is 2. The maximum atomic E-state index is 17.1. The zero-order valence-electron chi connectivity index (χ0n) is 18.7. The molecule has 4 rings (SSSR count). The molecule has 0 bridgehead atoms. The number of Topliss-reactive ketones (excluding diaryl/α,β-unsaturated/α-hetero) is 1. The maximum Gasteiger partial charge on any atom is 0.303 e. The lowest BCUT2D eigenvalue weighted by Gasteiger charge is -2.62. The van der Waals surface area contributed by atoms with Crippen molar-refractivity contribution in [2.24, 2.45) is 28.6 Å². The van der Waals surface area contributed by atoms with Crippen LogP contribution in [-0.2, 0) is 19.1 Å². The number of esters is 1. The van der Waals surface area contributed by atoms with E-state index in [1.807, 2.05) is 0 Å². The highest BCUT2D eigenvalue weighted by Gasteiger charge is 2.77. The number of carbonyl (C=O) groups excluding carboxylic acids is 3. The minimum atomic E-state index is -2.30. The highest BCUT2D eigenvalue weighted by molar-refractivity contribution is 6.04. The lowest BCUT2D eigenvalue weighted by molar-refractivity contribution is -0.227. The molecule has 0 aromatic rings. The van der Waals surface area contributed by atoms with Gasteiger partial charge in [-0.05, 0) is 50.2 Å². The third-order valence-corrected chi connectivity index (χ3v) is 9.11.